The molecule has 1 N–H and O–H groups in total. The number of carbonyl (C=O) groups is 1. The lowest BCUT2D eigenvalue weighted by molar-refractivity contribution is 0.0697. The second-order valence-electron chi connectivity index (χ2n) is 5.67. The highest BCUT2D eigenvalue weighted by Gasteiger charge is 2.12. The molecule has 3 nitrogen and oxygen atoms in total. The third-order valence-corrected chi connectivity index (χ3v) is 3.98. The normalized spacial score (nSPS) is 10.4. The van der Waals surface area contributed by atoms with Crippen LogP contribution < -0.4 is 4.74 Å². The van der Waals surface area contributed by atoms with Gasteiger partial charge in [0.15, 0.2) is 0 Å². The van der Waals surface area contributed by atoms with E-state index in [1.807, 2.05) is 61.5 Å². The molecule has 0 aliphatic rings. The summed E-state index contributed by atoms with van der Waals surface area (Å²) in [4.78, 5) is 11.5. The molecule has 0 atom stereocenters. The van der Waals surface area contributed by atoms with Gasteiger partial charge in [0, 0.05) is 5.56 Å². The molecule has 3 aromatic rings. The van der Waals surface area contributed by atoms with E-state index >= 15 is 0 Å². The smallest absolute Gasteiger partial charge is 0.335 e. The summed E-state index contributed by atoms with van der Waals surface area (Å²) in [5, 5.41) is 9.47. The van der Waals surface area contributed by atoms with Crippen molar-refractivity contribution in [2.75, 3.05) is 7.11 Å². The molecule has 0 saturated heterocycles. The third-order valence-electron chi connectivity index (χ3n) is 3.98. The SMILES string of the molecule is COc1ccccc1-c1cc(C(=O)O)cc(-c2ccc(C)cc2)c1. The monoisotopic (exact) mass is 318 g/mol. The first kappa shape index (κ1) is 15.8. The Labute approximate surface area is 141 Å². The minimum absolute atomic E-state index is 0.258. The minimum Gasteiger partial charge on any atom is -0.496 e. The first-order valence-corrected chi connectivity index (χ1v) is 7.67. The van der Waals surface area contributed by atoms with Crippen molar-refractivity contribution in [3.63, 3.8) is 0 Å². The van der Waals surface area contributed by atoms with E-state index in [1.54, 1.807) is 19.2 Å². The van der Waals surface area contributed by atoms with Crippen molar-refractivity contribution in [3.05, 3.63) is 77.9 Å². The average molecular weight is 318 g/mol. The number of aryl methyl sites for hydroxylation is 1. The number of carboxylic acid groups (broad SMARTS) is 1. The molecular weight excluding hydrogens is 300 g/mol. The predicted octanol–water partition coefficient (Wildman–Crippen LogP) is 5.04. The number of carboxylic acids is 1. The Balaban J connectivity index is 2.20. The zero-order valence-corrected chi connectivity index (χ0v) is 13.6. The fraction of sp³-hybridized carbons (Fsp3) is 0.0952. The van der Waals surface area contributed by atoms with E-state index in [9.17, 15) is 9.90 Å². The highest BCUT2D eigenvalue weighted by molar-refractivity contribution is 5.92. The topological polar surface area (TPSA) is 46.5 Å². The van der Waals surface area contributed by atoms with Crippen LogP contribution in [0, 0.1) is 6.92 Å². The molecule has 0 bridgehead atoms. The van der Waals surface area contributed by atoms with Crippen molar-refractivity contribution in [2.45, 2.75) is 6.92 Å². The van der Waals surface area contributed by atoms with Crippen LogP contribution in [-0.4, -0.2) is 18.2 Å². The predicted molar refractivity (Wildman–Crippen MR) is 95.6 cm³/mol. The summed E-state index contributed by atoms with van der Waals surface area (Å²) < 4.78 is 5.41. The lowest BCUT2D eigenvalue weighted by atomic mass is 9.95. The summed E-state index contributed by atoms with van der Waals surface area (Å²) in [6, 6.07) is 21.0. The van der Waals surface area contributed by atoms with Crippen LogP contribution in [0.2, 0.25) is 0 Å². The van der Waals surface area contributed by atoms with Crippen LogP contribution in [0.3, 0.4) is 0 Å². The summed E-state index contributed by atoms with van der Waals surface area (Å²) in [6.07, 6.45) is 0. The van der Waals surface area contributed by atoms with Crippen molar-refractivity contribution in [1.82, 2.24) is 0 Å². The van der Waals surface area contributed by atoms with Crippen molar-refractivity contribution in [1.29, 1.82) is 0 Å². The van der Waals surface area contributed by atoms with E-state index in [0.29, 0.717) is 0 Å². The standard InChI is InChI=1S/C21H18O3/c1-14-7-9-15(10-8-14)16-11-17(13-18(12-16)21(22)23)19-5-3-4-6-20(19)24-2/h3-13H,1-2H3,(H,22,23). The van der Waals surface area contributed by atoms with Gasteiger partial charge in [-0.1, -0.05) is 48.0 Å². The van der Waals surface area contributed by atoms with Gasteiger partial charge in [0.2, 0.25) is 0 Å². The van der Waals surface area contributed by atoms with Crippen molar-refractivity contribution < 1.29 is 14.6 Å². The quantitative estimate of drug-likeness (QED) is 0.733. The van der Waals surface area contributed by atoms with Crippen LogP contribution in [0.25, 0.3) is 22.3 Å². The highest BCUT2D eigenvalue weighted by atomic mass is 16.5. The van der Waals surface area contributed by atoms with Crippen LogP contribution in [-0.2, 0) is 0 Å². The number of aromatic carboxylic acids is 1. The molecule has 3 heteroatoms. The molecule has 0 aliphatic heterocycles. The van der Waals surface area contributed by atoms with E-state index in [0.717, 1.165) is 33.6 Å². The largest absolute Gasteiger partial charge is 0.496 e. The molecule has 0 fully saturated rings. The fourth-order valence-corrected chi connectivity index (χ4v) is 2.70. The molecule has 0 radical (unpaired) electrons. The van der Waals surface area contributed by atoms with Gasteiger partial charge in [-0.15, -0.1) is 0 Å². The van der Waals surface area contributed by atoms with Gasteiger partial charge in [0.1, 0.15) is 5.75 Å². The maximum Gasteiger partial charge on any atom is 0.335 e. The number of hydrogen-bond acceptors (Lipinski definition) is 2. The van der Waals surface area contributed by atoms with Gasteiger partial charge in [0.05, 0.1) is 12.7 Å². The van der Waals surface area contributed by atoms with Crippen LogP contribution in [0.4, 0.5) is 0 Å². The summed E-state index contributed by atoms with van der Waals surface area (Å²) in [5.74, 6) is -0.227. The maximum atomic E-state index is 11.5. The summed E-state index contributed by atoms with van der Waals surface area (Å²) in [7, 11) is 1.61. The molecule has 0 unspecified atom stereocenters. The zero-order valence-electron chi connectivity index (χ0n) is 13.6. The molecule has 3 rings (SSSR count). The lowest BCUT2D eigenvalue weighted by Gasteiger charge is -2.12. The van der Waals surface area contributed by atoms with Crippen LogP contribution in [0.5, 0.6) is 5.75 Å². The molecular formula is C21H18O3. The Kier molecular flexibility index (Phi) is 4.34. The van der Waals surface area contributed by atoms with Gasteiger partial charge >= 0.3 is 5.97 Å². The number of ether oxygens (including phenoxy) is 1. The van der Waals surface area contributed by atoms with Gasteiger partial charge in [-0.2, -0.15) is 0 Å². The first-order chi connectivity index (χ1) is 11.6. The zero-order chi connectivity index (χ0) is 17.1. The Morgan fingerprint density at radius 2 is 1.54 bits per heavy atom. The molecule has 24 heavy (non-hydrogen) atoms. The molecule has 0 aliphatic carbocycles. The van der Waals surface area contributed by atoms with E-state index in [4.69, 9.17) is 4.74 Å². The van der Waals surface area contributed by atoms with E-state index in [2.05, 4.69) is 0 Å². The molecule has 120 valence electrons. The molecule has 3 aromatic carbocycles. The van der Waals surface area contributed by atoms with Crippen LogP contribution in [0.1, 0.15) is 15.9 Å². The van der Waals surface area contributed by atoms with Gasteiger partial charge in [0.25, 0.3) is 0 Å². The van der Waals surface area contributed by atoms with Gasteiger partial charge < -0.3 is 9.84 Å². The van der Waals surface area contributed by atoms with Gasteiger partial charge in [-0.3, -0.25) is 0 Å². The second kappa shape index (κ2) is 6.59. The van der Waals surface area contributed by atoms with Crippen LogP contribution in [0.15, 0.2) is 66.7 Å². The molecule has 0 heterocycles. The molecule has 0 spiro atoms. The second-order valence-corrected chi connectivity index (χ2v) is 5.67. The fourth-order valence-electron chi connectivity index (χ4n) is 2.70. The lowest BCUT2D eigenvalue weighted by Crippen LogP contribution is -1.98. The Morgan fingerprint density at radius 1 is 0.875 bits per heavy atom. The maximum absolute atomic E-state index is 11.5. The summed E-state index contributed by atoms with van der Waals surface area (Å²) >= 11 is 0. The van der Waals surface area contributed by atoms with Crippen molar-refractivity contribution >= 4 is 5.97 Å². The van der Waals surface area contributed by atoms with Gasteiger partial charge in [-0.05, 0) is 47.9 Å². The van der Waals surface area contributed by atoms with Gasteiger partial charge in [-0.25, -0.2) is 4.79 Å². The van der Waals surface area contributed by atoms with E-state index in [1.165, 1.54) is 0 Å². The van der Waals surface area contributed by atoms with Crippen LogP contribution >= 0.6 is 0 Å². The Bertz CT molecular complexity index is 880. The summed E-state index contributed by atoms with van der Waals surface area (Å²) in [6.45, 7) is 2.03. The summed E-state index contributed by atoms with van der Waals surface area (Å²) in [5.41, 5.74) is 4.97. The number of hydrogen-bond donors (Lipinski definition) is 1. The molecule has 0 saturated carbocycles. The Morgan fingerprint density at radius 3 is 2.21 bits per heavy atom. The molecule has 0 aromatic heterocycles. The van der Waals surface area contributed by atoms with E-state index < -0.39 is 5.97 Å². The van der Waals surface area contributed by atoms with Crippen molar-refractivity contribution in [3.8, 4) is 28.0 Å². The highest BCUT2D eigenvalue weighted by Crippen LogP contribution is 2.33. The number of methoxy groups -OCH3 is 1. The number of para-hydroxylation sites is 1. The average Bonchev–Trinajstić information content (AvgIpc) is 2.61. The number of benzene rings is 3. The third kappa shape index (κ3) is 3.15. The first-order valence-electron chi connectivity index (χ1n) is 7.67. The Hall–Kier alpha value is -3.07. The minimum atomic E-state index is -0.944. The van der Waals surface area contributed by atoms with E-state index in [-0.39, 0.29) is 5.56 Å². The van der Waals surface area contributed by atoms with Crippen molar-refractivity contribution in [2.24, 2.45) is 0 Å². The molecule has 0 amide bonds. The number of rotatable bonds is 4.